The van der Waals surface area contributed by atoms with Gasteiger partial charge in [-0.15, -0.1) is 0 Å². The molecule has 2 saturated heterocycles. The maximum Gasteiger partial charge on any atom is 0.0260 e. The van der Waals surface area contributed by atoms with E-state index in [9.17, 15) is 0 Å². The second-order valence-corrected chi connectivity index (χ2v) is 5.33. The minimum atomic E-state index is 0.844. The van der Waals surface area contributed by atoms with Crippen LogP contribution in [0.2, 0.25) is 0 Å². The molecular weight excluding hydrogens is 184 g/mol. The first kappa shape index (κ1) is 11.4. The van der Waals surface area contributed by atoms with Crippen LogP contribution in [0.25, 0.3) is 0 Å². The summed E-state index contributed by atoms with van der Waals surface area (Å²) in [6.45, 7) is 9.86. The molecule has 2 heteroatoms. The molecule has 2 fully saturated rings. The first-order valence-electron chi connectivity index (χ1n) is 6.79. The quantitative estimate of drug-likeness (QED) is 0.764. The third kappa shape index (κ3) is 2.54. The van der Waals surface area contributed by atoms with Gasteiger partial charge in [0.15, 0.2) is 0 Å². The van der Waals surface area contributed by atoms with Gasteiger partial charge in [-0.2, -0.15) is 0 Å². The van der Waals surface area contributed by atoms with E-state index in [2.05, 4.69) is 24.1 Å². The molecule has 3 atom stereocenters. The van der Waals surface area contributed by atoms with Gasteiger partial charge in [0.2, 0.25) is 0 Å². The Morgan fingerprint density at radius 1 is 1.27 bits per heavy atom. The van der Waals surface area contributed by atoms with E-state index >= 15 is 0 Å². The molecule has 2 nitrogen and oxygen atoms in total. The monoisotopic (exact) mass is 210 g/mol. The van der Waals surface area contributed by atoms with Crippen LogP contribution in [0.15, 0.2) is 0 Å². The smallest absolute Gasteiger partial charge is 0.0260 e. The summed E-state index contributed by atoms with van der Waals surface area (Å²) in [6, 6.07) is 0.844. The summed E-state index contributed by atoms with van der Waals surface area (Å²) >= 11 is 0. The Morgan fingerprint density at radius 2 is 2.13 bits per heavy atom. The van der Waals surface area contributed by atoms with E-state index in [1.807, 2.05) is 0 Å². The Hall–Kier alpha value is -0.0800. The fourth-order valence-corrected chi connectivity index (χ4v) is 3.37. The Labute approximate surface area is 94.4 Å². The van der Waals surface area contributed by atoms with Crippen molar-refractivity contribution in [2.75, 3.05) is 26.2 Å². The molecule has 0 bridgehead atoms. The third-order valence-corrected chi connectivity index (χ3v) is 4.31. The van der Waals surface area contributed by atoms with Crippen LogP contribution in [-0.2, 0) is 0 Å². The third-order valence-electron chi connectivity index (χ3n) is 4.31. The van der Waals surface area contributed by atoms with E-state index in [0.717, 1.165) is 17.9 Å². The lowest BCUT2D eigenvalue weighted by Gasteiger charge is -2.28. The summed E-state index contributed by atoms with van der Waals surface area (Å²) in [5, 5.41) is 3.56. The van der Waals surface area contributed by atoms with Gasteiger partial charge < -0.3 is 5.32 Å². The fourth-order valence-electron chi connectivity index (χ4n) is 3.37. The standard InChI is InChI=1S/C13H26N2/c1-3-5-11-6-7-15(10-11)13-9-14-8-12(13)4-2/h11-14H,3-10H2,1-2H3. The van der Waals surface area contributed by atoms with Gasteiger partial charge in [0, 0.05) is 19.1 Å². The van der Waals surface area contributed by atoms with Crippen LogP contribution in [0, 0.1) is 11.8 Å². The van der Waals surface area contributed by atoms with E-state index in [1.165, 1.54) is 51.9 Å². The van der Waals surface area contributed by atoms with Crippen LogP contribution in [0.4, 0.5) is 0 Å². The zero-order valence-electron chi connectivity index (χ0n) is 10.3. The maximum atomic E-state index is 3.56. The molecule has 2 heterocycles. The van der Waals surface area contributed by atoms with Crippen molar-refractivity contribution in [3.05, 3.63) is 0 Å². The summed E-state index contributed by atoms with van der Waals surface area (Å²) < 4.78 is 0. The van der Waals surface area contributed by atoms with Crippen molar-refractivity contribution >= 4 is 0 Å². The molecule has 1 N–H and O–H groups in total. The van der Waals surface area contributed by atoms with Crippen molar-refractivity contribution < 1.29 is 0 Å². The molecule has 3 unspecified atom stereocenters. The topological polar surface area (TPSA) is 15.3 Å². The molecule has 88 valence electrons. The van der Waals surface area contributed by atoms with Gasteiger partial charge in [-0.1, -0.05) is 26.7 Å². The van der Waals surface area contributed by atoms with Crippen molar-refractivity contribution in [2.24, 2.45) is 11.8 Å². The van der Waals surface area contributed by atoms with Gasteiger partial charge >= 0.3 is 0 Å². The van der Waals surface area contributed by atoms with Crippen molar-refractivity contribution in [3.63, 3.8) is 0 Å². The van der Waals surface area contributed by atoms with E-state index in [0.29, 0.717) is 0 Å². The fraction of sp³-hybridized carbons (Fsp3) is 1.00. The van der Waals surface area contributed by atoms with Crippen molar-refractivity contribution in [3.8, 4) is 0 Å². The number of rotatable bonds is 4. The molecule has 2 rings (SSSR count). The van der Waals surface area contributed by atoms with Gasteiger partial charge in [0.1, 0.15) is 0 Å². The van der Waals surface area contributed by atoms with Crippen molar-refractivity contribution in [1.29, 1.82) is 0 Å². The van der Waals surface area contributed by atoms with Crippen molar-refractivity contribution in [1.82, 2.24) is 10.2 Å². The molecule has 15 heavy (non-hydrogen) atoms. The van der Waals surface area contributed by atoms with Crippen LogP contribution in [0.3, 0.4) is 0 Å². The molecule has 0 amide bonds. The zero-order valence-corrected chi connectivity index (χ0v) is 10.3. The summed E-state index contributed by atoms with van der Waals surface area (Å²) in [4.78, 5) is 2.76. The highest BCUT2D eigenvalue weighted by atomic mass is 15.2. The normalized spacial score (nSPS) is 37.6. The molecule has 2 aliphatic heterocycles. The molecule has 0 aromatic heterocycles. The molecule has 0 aliphatic carbocycles. The number of nitrogens with zero attached hydrogens (tertiary/aromatic N) is 1. The van der Waals surface area contributed by atoms with Gasteiger partial charge in [0.05, 0.1) is 0 Å². The first-order valence-corrected chi connectivity index (χ1v) is 6.79. The average molecular weight is 210 g/mol. The summed E-state index contributed by atoms with van der Waals surface area (Å²) in [5.41, 5.74) is 0. The predicted octanol–water partition coefficient (Wildman–Crippen LogP) is 2.11. The number of hydrogen-bond acceptors (Lipinski definition) is 2. The first-order chi connectivity index (χ1) is 7.35. The lowest BCUT2D eigenvalue weighted by atomic mass is 9.99. The SMILES string of the molecule is CCCC1CCN(C2CNCC2CC)C1. The maximum absolute atomic E-state index is 3.56. The highest BCUT2D eigenvalue weighted by Crippen LogP contribution is 2.27. The average Bonchev–Trinajstić information content (AvgIpc) is 2.84. The predicted molar refractivity (Wildman–Crippen MR) is 65.0 cm³/mol. The summed E-state index contributed by atoms with van der Waals surface area (Å²) in [6.07, 6.45) is 5.58. The number of hydrogen-bond donors (Lipinski definition) is 1. The Bertz CT molecular complexity index is 193. The zero-order chi connectivity index (χ0) is 10.7. The van der Waals surface area contributed by atoms with Crippen molar-refractivity contribution in [2.45, 2.75) is 45.6 Å². The largest absolute Gasteiger partial charge is 0.315 e. The summed E-state index contributed by atoms with van der Waals surface area (Å²) in [5.74, 6) is 1.90. The Morgan fingerprint density at radius 3 is 2.87 bits per heavy atom. The lowest BCUT2D eigenvalue weighted by Crippen LogP contribution is -2.39. The molecule has 0 spiro atoms. The van der Waals surface area contributed by atoms with Gasteiger partial charge in [-0.3, -0.25) is 4.90 Å². The van der Waals surface area contributed by atoms with E-state index < -0.39 is 0 Å². The van der Waals surface area contributed by atoms with Crippen LogP contribution in [0.5, 0.6) is 0 Å². The van der Waals surface area contributed by atoms with Gasteiger partial charge in [-0.05, 0) is 37.8 Å². The van der Waals surface area contributed by atoms with E-state index in [1.54, 1.807) is 0 Å². The molecule has 2 aliphatic rings. The van der Waals surface area contributed by atoms with Crippen LogP contribution < -0.4 is 5.32 Å². The van der Waals surface area contributed by atoms with E-state index in [-0.39, 0.29) is 0 Å². The number of nitrogens with one attached hydrogen (secondary N) is 1. The molecule has 0 aromatic rings. The molecule has 0 radical (unpaired) electrons. The minimum Gasteiger partial charge on any atom is -0.315 e. The Kier molecular flexibility index (Phi) is 4.04. The number of likely N-dealkylation sites (tertiary alicyclic amines) is 1. The second-order valence-electron chi connectivity index (χ2n) is 5.33. The highest BCUT2D eigenvalue weighted by molar-refractivity contribution is 4.91. The van der Waals surface area contributed by atoms with Gasteiger partial charge in [0.25, 0.3) is 0 Å². The summed E-state index contributed by atoms with van der Waals surface area (Å²) in [7, 11) is 0. The lowest BCUT2D eigenvalue weighted by molar-refractivity contribution is 0.200. The molecule has 0 aromatic carbocycles. The van der Waals surface area contributed by atoms with E-state index in [4.69, 9.17) is 0 Å². The highest BCUT2D eigenvalue weighted by Gasteiger charge is 2.34. The molecule has 0 saturated carbocycles. The van der Waals surface area contributed by atoms with Crippen LogP contribution in [-0.4, -0.2) is 37.1 Å². The Balaban J connectivity index is 1.84. The van der Waals surface area contributed by atoms with Crippen LogP contribution >= 0.6 is 0 Å². The molecular formula is C13H26N2. The van der Waals surface area contributed by atoms with Gasteiger partial charge in [-0.25, -0.2) is 0 Å². The second kappa shape index (κ2) is 5.31. The van der Waals surface area contributed by atoms with Crippen LogP contribution in [0.1, 0.15) is 39.5 Å². The minimum absolute atomic E-state index is 0.844.